The highest BCUT2D eigenvalue weighted by Gasteiger charge is 2.44. The largest absolute Gasteiger partial charge is 0.394 e. The molecule has 0 aliphatic carbocycles. The van der Waals surface area contributed by atoms with Crippen molar-refractivity contribution < 1.29 is 39.8 Å². The normalized spacial score (nSPS) is 19.5. The van der Waals surface area contributed by atoms with E-state index in [0.717, 1.165) is 77.0 Å². The second-order valence-electron chi connectivity index (χ2n) is 21.4. The monoisotopic (exact) mass is 1090 g/mol. The van der Waals surface area contributed by atoms with E-state index in [1.54, 1.807) is 6.08 Å². The van der Waals surface area contributed by atoms with Crippen LogP contribution in [0.1, 0.15) is 251 Å². The third-order valence-electron chi connectivity index (χ3n) is 14.2. The van der Waals surface area contributed by atoms with Gasteiger partial charge in [-0.2, -0.15) is 0 Å². The molecule has 0 radical (unpaired) electrons. The van der Waals surface area contributed by atoms with Crippen LogP contribution in [0, 0.1) is 0 Å². The number of carbonyl (C=O) groups is 1. The summed E-state index contributed by atoms with van der Waals surface area (Å²) < 4.78 is 11.2. The van der Waals surface area contributed by atoms with Crippen molar-refractivity contribution in [1.82, 2.24) is 5.32 Å². The topological polar surface area (TPSA) is 149 Å². The quantitative estimate of drug-likeness (QED) is 0.0261. The Balaban J connectivity index is 2.26. The van der Waals surface area contributed by atoms with E-state index in [1.807, 2.05) is 6.08 Å². The Bertz CT molecular complexity index is 1640. The van der Waals surface area contributed by atoms with Crippen molar-refractivity contribution in [3.63, 3.8) is 0 Å². The number of allylic oxidation sites excluding steroid dienone is 19. The average molecular weight is 1090 g/mol. The fourth-order valence-electron chi connectivity index (χ4n) is 9.30. The van der Waals surface area contributed by atoms with Crippen molar-refractivity contribution in [2.75, 3.05) is 13.2 Å². The number of amides is 1. The maximum atomic E-state index is 13.0. The molecule has 1 fully saturated rings. The Morgan fingerprint density at radius 2 is 0.808 bits per heavy atom. The molecule has 9 heteroatoms. The molecule has 7 atom stereocenters. The minimum Gasteiger partial charge on any atom is -0.394 e. The number of unbranched alkanes of at least 4 members (excludes halogenated alkanes) is 25. The Kier molecular flexibility index (Phi) is 52.9. The van der Waals surface area contributed by atoms with Gasteiger partial charge < -0.3 is 40.3 Å². The van der Waals surface area contributed by atoms with Crippen LogP contribution in [0.25, 0.3) is 0 Å². The van der Waals surface area contributed by atoms with E-state index in [0.29, 0.717) is 12.8 Å². The lowest BCUT2D eigenvalue weighted by molar-refractivity contribution is -0.302. The number of aliphatic hydroxyl groups is 5. The molecule has 1 rings (SSSR count). The molecule has 0 bridgehead atoms. The minimum absolute atomic E-state index is 0.237. The van der Waals surface area contributed by atoms with Gasteiger partial charge in [-0.05, 0) is 96.3 Å². The van der Waals surface area contributed by atoms with E-state index in [2.05, 4.69) is 129 Å². The average Bonchev–Trinajstić information content (AvgIpc) is 3.45. The highest BCUT2D eigenvalue weighted by Crippen LogP contribution is 2.23. The molecule has 1 heterocycles. The van der Waals surface area contributed by atoms with Gasteiger partial charge in [0.15, 0.2) is 6.29 Å². The Hall–Kier alpha value is -3.41. The summed E-state index contributed by atoms with van der Waals surface area (Å²) in [5, 5.41) is 54.5. The second-order valence-corrected chi connectivity index (χ2v) is 21.4. The first-order chi connectivity index (χ1) is 38.3. The number of aliphatic hydroxyl groups excluding tert-OH is 5. The van der Waals surface area contributed by atoms with Gasteiger partial charge >= 0.3 is 0 Å². The highest BCUT2D eigenvalue weighted by molar-refractivity contribution is 5.76. The van der Waals surface area contributed by atoms with E-state index < -0.39 is 49.5 Å². The summed E-state index contributed by atoms with van der Waals surface area (Å²) in [6.07, 6.45) is 78.7. The number of hydrogen-bond acceptors (Lipinski definition) is 8. The molecule has 0 saturated carbocycles. The summed E-state index contributed by atoms with van der Waals surface area (Å²) in [6, 6.07) is -0.870. The SMILES string of the molecule is CC/C=C\C/C=C\C/C=C\C/C=C\C/C=C\C/C=C\C/C=C\CCCC(=O)NC(COC1OC(CO)C(O)C(O)C1O)C(O)/C=C/CC/C=C/CC/C=C/CCCCCCCCCCCCCCCCCCCCCCCC. The van der Waals surface area contributed by atoms with Crippen LogP contribution in [-0.2, 0) is 14.3 Å². The first kappa shape index (κ1) is 72.6. The zero-order chi connectivity index (χ0) is 56.5. The third kappa shape index (κ3) is 45.3. The smallest absolute Gasteiger partial charge is 0.220 e. The predicted octanol–water partition coefficient (Wildman–Crippen LogP) is 16.7. The molecule has 0 spiro atoms. The zero-order valence-corrected chi connectivity index (χ0v) is 49.6. The van der Waals surface area contributed by atoms with Crippen molar-refractivity contribution in [3.8, 4) is 0 Å². The summed E-state index contributed by atoms with van der Waals surface area (Å²) in [4.78, 5) is 13.0. The summed E-state index contributed by atoms with van der Waals surface area (Å²) in [7, 11) is 0. The van der Waals surface area contributed by atoms with Crippen LogP contribution < -0.4 is 5.32 Å². The molecular weight excluding hydrogens is 971 g/mol. The lowest BCUT2D eigenvalue weighted by Crippen LogP contribution is -2.60. The van der Waals surface area contributed by atoms with E-state index in [1.165, 1.54) is 141 Å². The van der Waals surface area contributed by atoms with Gasteiger partial charge in [-0.25, -0.2) is 0 Å². The molecule has 6 N–H and O–H groups in total. The van der Waals surface area contributed by atoms with Gasteiger partial charge in [0.1, 0.15) is 24.4 Å². The highest BCUT2D eigenvalue weighted by atomic mass is 16.7. The lowest BCUT2D eigenvalue weighted by Gasteiger charge is -2.40. The van der Waals surface area contributed by atoms with E-state index in [-0.39, 0.29) is 18.9 Å². The van der Waals surface area contributed by atoms with Crippen LogP contribution in [0.4, 0.5) is 0 Å². The minimum atomic E-state index is -1.59. The first-order valence-corrected chi connectivity index (χ1v) is 31.8. The van der Waals surface area contributed by atoms with Gasteiger partial charge in [0.05, 0.1) is 25.4 Å². The number of ether oxygens (including phenoxy) is 2. The summed E-state index contributed by atoms with van der Waals surface area (Å²) in [6.45, 7) is 3.62. The van der Waals surface area contributed by atoms with Gasteiger partial charge in [0.25, 0.3) is 0 Å². The van der Waals surface area contributed by atoms with Gasteiger partial charge in [0, 0.05) is 6.42 Å². The van der Waals surface area contributed by atoms with Crippen LogP contribution in [-0.4, -0.2) is 87.5 Å². The molecule has 1 aliphatic heterocycles. The van der Waals surface area contributed by atoms with E-state index in [4.69, 9.17) is 9.47 Å². The maximum absolute atomic E-state index is 13.0. The summed E-state index contributed by atoms with van der Waals surface area (Å²) in [5.41, 5.74) is 0. The molecule has 0 aromatic heterocycles. The van der Waals surface area contributed by atoms with E-state index in [9.17, 15) is 30.3 Å². The number of carbonyl (C=O) groups excluding carboxylic acids is 1. The second kappa shape index (κ2) is 56.8. The fraction of sp³-hybridized carbons (Fsp3) is 0.696. The van der Waals surface area contributed by atoms with Crippen LogP contribution >= 0.6 is 0 Å². The molecular formula is C69H117NO8. The molecule has 1 saturated heterocycles. The predicted molar refractivity (Wildman–Crippen MR) is 331 cm³/mol. The molecule has 0 aromatic rings. The van der Waals surface area contributed by atoms with Crippen LogP contribution in [0.3, 0.4) is 0 Å². The van der Waals surface area contributed by atoms with Crippen LogP contribution in [0.2, 0.25) is 0 Å². The fourth-order valence-corrected chi connectivity index (χ4v) is 9.30. The van der Waals surface area contributed by atoms with Crippen LogP contribution in [0.15, 0.2) is 122 Å². The Labute approximate surface area is 478 Å². The van der Waals surface area contributed by atoms with E-state index >= 15 is 0 Å². The maximum Gasteiger partial charge on any atom is 0.220 e. The van der Waals surface area contributed by atoms with Gasteiger partial charge in [0.2, 0.25) is 5.91 Å². The van der Waals surface area contributed by atoms with Crippen molar-refractivity contribution in [2.45, 2.75) is 294 Å². The third-order valence-corrected chi connectivity index (χ3v) is 14.2. The van der Waals surface area contributed by atoms with Gasteiger partial charge in [-0.3, -0.25) is 4.79 Å². The lowest BCUT2D eigenvalue weighted by atomic mass is 9.99. The van der Waals surface area contributed by atoms with Crippen molar-refractivity contribution in [1.29, 1.82) is 0 Å². The standard InChI is InChI=1S/C69H117NO8/c1-3-5-7-9-11-13-15-17-19-21-23-25-27-28-29-30-31-32-33-34-35-37-38-40-42-44-46-48-50-52-54-56-58-63(72)62(61-77-69-68(76)67(75)66(74)64(60-71)78-69)70-65(73)59-57-55-53-51-49-47-45-43-41-39-36-26-24-22-20-18-16-14-12-10-8-6-4-2/h6,8,12,14,18,20,24,26,39-42,45,47-48,50-51,53,56,58,62-64,66-69,71-72,74-76H,3-5,7,9-11,13,15-17,19,21-23,25,27-38,43-44,46,49,52,54-55,57,59-61H2,1-2H3,(H,70,73)/b8-6-,14-12-,20-18-,26-24-,41-39-,42-40+,47-45-,50-48+,53-51-,58-56+. The molecule has 78 heavy (non-hydrogen) atoms. The molecule has 9 nitrogen and oxygen atoms in total. The van der Waals surface area contributed by atoms with Crippen molar-refractivity contribution in [2.24, 2.45) is 0 Å². The Morgan fingerprint density at radius 1 is 0.449 bits per heavy atom. The van der Waals surface area contributed by atoms with Gasteiger partial charge in [-0.1, -0.05) is 270 Å². The van der Waals surface area contributed by atoms with Gasteiger partial charge in [-0.15, -0.1) is 0 Å². The number of hydrogen-bond donors (Lipinski definition) is 6. The zero-order valence-electron chi connectivity index (χ0n) is 49.6. The van der Waals surface area contributed by atoms with Crippen LogP contribution in [0.5, 0.6) is 0 Å². The summed E-state index contributed by atoms with van der Waals surface area (Å²) >= 11 is 0. The first-order valence-electron chi connectivity index (χ1n) is 31.8. The molecule has 1 amide bonds. The molecule has 7 unspecified atom stereocenters. The Morgan fingerprint density at radius 3 is 1.23 bits per heavy atom. The number of rotatable bonds is 53. The molecule has 1 aliphatic rings. The summed E-state index contributed by atoms with van der Waals surface area (Å²) in [5.74, 6) is -0.252. The van der Waals surface area contributed by atoms with Crippen molar-refractivity contribution in [3.05, 3.63) is 122 Å². The number of nitrogens with one attached hydrogen (secondary N) is 1. The molecule has 0 aromatic carbocycles. The molecule has 446 valence electrons. The van der Waals surface area contributed by atoms with Crippen molar-refractivity contribution >= 4 is 5.91 Å².